The molecule has 0 aliphatic heterocycles. The predicted octanol–water partition coefficient (Wildman–Crippen LogP) is 2.78. The second-order valence-electron chi connectivity index (χ2n) is 6.38. The number of ether oxygens (including phenoxy) is 1. The van der Waals surface area contributed by atoms with Crippen LogP contribution in [0.5, 0.6) is 0 Å². The third kappa shape index (κ3) is 8.84. The minimum atomic E-state index is -0.503. The molecule has 0 unspecified atom stereocenters. The molecule has 0 heterocycles. The second-order valence-corrected chi connectivity index (χ2v) is 6.38. The van der Waals surface area contributed by atoms with Crippen molar-refractivity contribution < 1.29 is 14.3 Å². The van der Waals surface area contributed by atoms with Crippen molar-refractivity contribution in [3.8, 4) is 11.8 Å². The lowest BCUT2D eigenvalue weighted by atomic mass is 10.1. The van der Waals surface area contributed by atoms with Crippen LogP contribution in [0.1, 0.15) is 45.2 Å². The van der Waals surface area contributed by atoms with Crippen LogP contribution in [-0.2, 0) is 22.5 Å². The molecule has 0 fully saturated rings. The smallest absolute Gasteiger partial charge is 0.407 e. The third-order valence-electron chi connectivity index (χ3n) is 3.05. The van der Waals surface area contributed by atoms with E-state index in [-0.39, 0.29) is 5.91 Å². The largest absolute Gasteiger partial charge is 0.444 e. The van der Waals surface area contributed by atoms with E-state index in [0.29, 0.717) is 25.9 Å². The highest BCUT2D eigenvalue weighted by molar-refractivity contribution is 5.76. The number of amides is 2. The van der Waals surface area contributed by atoms with Crippen LogP contribution in [0, 0.1) is 11.8 Å². The number of aryl methyl sites for hydroxylation is 1. The zero-order chi connectivity index (χ0) is 18.0. The monoisotopic (exact) mass is 330 g/mol. The molecule has 0 saturated carbocycles. The van der Waals surface area contributed by atoms with Gasteiger partial charge in [0, 0.05) is 13.0 Å². The lowest BCUT2D eigenvalue weighted by molar-refractivity contribution is -0.120. The van der Waals surface area contributed by atoms with Gasteiger partial charge in [-0.3, -0.25) is 4.79 Å². The van der Waals surface area contributed by atoms with Crippen molar-refractivity contribution in [1.29, 1.82) is 0 Å². The fourth-order valence-corrected chi connectivity index (χ4v) is 1.89. The van der Waals surface area contributed by atoms with Crippen molar-refractivity contribution in [1.82, 2.24) is 10.6 Å². The molecule has 2 N–H and O–H groups in total. The van der Waals surface area contributed by atoms with E-state index in [1.54, 1.807) is 6.92 Å². The Bertz CT molecular complexity index is 604. The molecule has 0 radical (unpaired) electrons. The molecule has 5 nitrogen and oxygen atoms in total. The van der Waals surface area contributed by atoms with Crippen molar-refractivity contribution in [3.05, 3.63) is 35.4 Å². The minimum absolute atomic E-state index is 0.00609. The van der Waals surface area contributed by atoms with E-state index in [9.17, 15) is 9.59 Å². The third-order valence-corrected chi connectivity index (χ3v) is 3.05. The lowest BCUT2D eigenvalue weighted by Gasteiger charge is -2.19. The SMILES string of the molecule is CC#CCNC(=O)CCc1ccc(CNC(=O)OC(C)(C)C)cc1. The number of rotatable bonds is 6. The van der Waals surface area contributed by atoms with Crippen LogP contribution in [0.25, 0.3) is 0 Å². The summed E-state index contributed by atoms with van der Waals surface area (Å²) in [5.41, 5.74) is 1.55. The molecule has 0 aliphatic rings. The molecule has 0 aliphatic carbocycles. The summed E-state index contributed by atoms with van der Waals surface area (Å²) < 4.78 is 5.18. The second kappa shape index (κ2) is 9.61. The van der Waals surface area contributed by atoms with Crippen LogP contribution in [0.2, 0.25) is 0 Å². The summed E-state index contributed by atoms with van der Waals surface area (Å²) in [6.07, 6.45) is 0.671. The van der Waals surface area contributed by atoms with Gasteiger partial charge in [-0.25, -0.2) is 4.79 Å². The van der Waals surface area contributed by atoms with Crippen molar-refractivity contribution in [2.24, 2.45) is 0 Å². The average Bonchev–Trinajstić information content (AvgIpc) is 2.50. The molecule has 0 aromatic heterocycles. The molecule has 0 atom stereocenters. The Hall–Kier alpha value is -2.48. The van der Waals surface area contributed by atoms with E-state index >= 15 is 0 Å². The Kier molecular flexibility index (Phi) is 7.84. The molecular formula is C19H26N2O3. The maximum Gasteiger partial charge on any atom is 0.407 e. The summed E-state index contributed by atoms with van der Waals surface area (Å²) >= 11 is 0. The summed E-state index contributed by atoms with van der Waals surface area (Å²) in [7, 11) is 0. The number of carbonyl (C=O) groups excluding carboxylic acids is 2. The summed E-state index contributed by atoms with van der Waals surface area (Å²) in [4.78, 5) is 23.2. The Morgan fingerprint density at radius 3 is 2.29 bits per heavy atom. The van der Waals surface area contributed by atoms with Crippen molar-refractivity contribution in [3.63, 3.8) is 0 Å². The van der Waals surface area contributed by atoms with Crippen LogP contribution in [0.15, 0.2) is 24.3 Å². The quantitative estimate of drug-likeness (QED) is 0.788. The number of hydrogen-bond donors (Lipinski definition) is 2. The Morgan fingerprint density at radius 1 is 1.08 bits per heavy atom. The average molecular weight is 330 g/mol. The van der Waals surface area contributed by atoms with Crippen LogP contribution < -0.4 is 10.6 Å². The number of nitrogens with one attached hydrogen (secondary N) is 2. The molecule has 0 saturated heterocycles. The molecule has 24 heavy (non-hydrogen) atoms. The van der Waals surface area contributed by atoms with Gasteiger partial charge in [0.1, 0.15) is 5.60 Å². The van der Waals surface area contributed by atoms with Crippen LogP contribution >= 0.6 is 0 Å². The van der Waals surface area contributed by atoms with E-state index < -0.39 is 11.7 Å². The number of carbonyl (C=O) groups is 2. The standard InChI is InChI=1S/C19H26N2O3/c1-5-6-13-20-17(22)12-11-15-7-9-16(10-8-15)14-21-18(23)24-19(2,3)4/h7-10H,11-14H2,1-4H3,(H,20,22)(H,21,23). The van der Waals surface area contributed by atoms with Crippen LogP contribution in [0.4, 0.5) is 4.79 Å². The zero-order valence-corrected chi connectivity index (χ0v) is 14.9. The van der Waals surface area contributed by atoms with Gasteiger partial charge in [-0.1, -0.05) is 30.2 Å². The topological polar surface area (TPSA) is 67.4 Å². The van der Waals surface area contributed by atoms with Crippen LogP contribution in [0.3, 0.4) is 0 Å². The normalized spacial score (nSPS) is 10.3. The first-order chi connectivity index (χ1) is 11.3. The predicted molar refractivity (Wildman–Crippen MR) is 94.3 cm³/mol. The number of hydrogen-bond acceptors (Lipinski definition) is 3. The molecule has 1 aromatic carbocycles. The highest BCUT2D eigenvalue weighted by Crippen LogP contribution is 2.09. The highest BCUT2D eigenvalue weighted by Gasteiger charge is 2.15. The summed E-state index contributed by atoms with van der Waals surface area (Å²) in [5, 5.41) is 5.46. The van der Waals surface area contributed by atoms with Crippen LogP contribution in [-0.4, -0.2) is 24.1 Å². The van der Waals surface area contributed by atoms with E-state index in [0.717, 1.165) is 11.1 Å². The fraction of sp³-hybridized carbons (Fsp3) is 0.474. The molecule has 1 aromatic rings. The highest BCUT2D eigenvalue weighted by atomic mass is 16.6. The number of benzene rings is 1. The van der Waals surface area contributed by atoms with Crippen molar-refractivity contribution in [2.75, 3.05) is 6.54 Å². The van der Waals surface area contributed by atoms with Gasteiger partial charge in [0.15, 0.2) is 0 Å². The molecule has 5 heteroatoms. The van der Waals surface area contributed by atoms with Gasteiger partial charge in [0.05, 0.1) is 6.54 Å². The molecule has 1 rings (SSSR count). The first-order valence-corrected chi connectivity index (χ1v) is 8.01. The molecular weight excluding hydrogens is 304 g/mol. The van der Waals surface area contributed by atoms with Crippen molar-refractivity contribution >= 4 is 12.0 Å². The van der Waals surface area contributed by atoms with Gasteiger partial charge in [-0.15, -0.1) is 5.92 Å². The molecule has 130 valence electrons. The molecule has 0 spiro atoms. The zero-order valence-electron chi connectivity index (χ0n) is 14.9. The van der Waals surface area contributed by atoms with E-state index in [1.165, 1.54) is 0 Å². The van der Waals surface area contributed by atoms with Gasteiger partial charge in [-0.05, 0) is 45.2 Å². The molecule has 2 amide bonds. The fourth-order valence-electron chi connectivity index (χ4n) is 1.89. The van der Waals surface area contributed by atoms with Gasteiger partial charge < -0.3 is 15.4 Å². The Morgan fingerprint density at radius 2 is 1.71 bits per heavy atom. The van der Waals surface area contributed by atoms with Crippen molar-refractivity contribution in [2.45, 2.75) is 52.7 Å². The Balaban J connectivity index is 2.36. The maximum absolute atomic E-state index is 11.6. The van der Waals surface area contributed by atoms with E-state index in [2.05, 4.69) is 22.5 Å². The summed E-state index contributed by atoms with van der Waals surface area (Å²) in [6, 6.07) is 7.80. The lowest BCUT2D eigenvalue weighted by Crippen LogP contribution is -2.32. The summed E-state index contributed by atoms with van der Waals surface area (Å²) in [6.45, 7) is 8.02. The Labute approximate surface area is 144 Å². The van der Waals surface area contributed by atoms with Gasteiger partial charge in [0.2, 0.25) is 5.91 Å². The van der Waals surface area contributed by atoms with Gasteiger partial charge in [0.25, 0.3) is 0 Å². The van der Waals surface area contributed by atoms with Gasteiger partial charge in [-0.2, -0.15) is 0 Å². The first kappa shape index (κ1) is 19.6. The maximum atomic E-state index is 11.6. The minimum Gasteiger partial charge on any atom is -0.444 e. The molecule has 0 bridgehead atoms. The van der Waals surface area contributed by atoms with Gasteiger partial charge >= 0.3 is 6.09 Å². The van der Waals surface area contributed by atoms with E-state index in [1.807, 2.05) is 45.0 Å². The first-order valence-electron chi connectivity index (χ1n) is 8.01. The number of alkyl carbamates (subject to hydrolysis) is 1. The van der Waals surface area contributed by atoms with E-state index in [4.69, 9.17) is 4.74 Å². The summed E-state index contributed by atoms with van der Waals surface area (Å²) in [5.74, 6) is 5.52.